The molecule has 118 valence electrons. The molecule has 1 aliphatic rings. The van der Waals surface area contributed by atoms with Gasteiger partial charge in [-0.05, 0) is 31.2 Å². The van der Waals surface area contributed by atoms with Crippen molar-refractivity contribution in [2.24, 2.45) is 0 Å². The first-order valence-corrected chi connectivity index (χ1v) is 7.93. The van der Waals surface area contributed by atoms with Crippen LogP contribution in [-0.2, 0) is 6.54 Å². The number of aliphatic hydroxyl groups is 1. The Balaban J connectivity index is 1.67. The van der Waals surface area contributed by atoms with E-state index >= 15 is 0 Å². The zero-order valence-corrected chi connectivity index (χ0v) is 13.1. The molecule has 2 aromatic rings. The lowest BCUT2D eigenvalue weighted by Gasteiger charge is -2.34. The van der Waals surface area contributed by atoms with Crippen molar-refractivity contribution >= 4 is 5.69 Å². The van der Waals surface area contributed by atoms with Crippen LogP contribution in [0.15, 0.2) is 36.7 Å². The predicted molar refractivity (Wildman–Crippen MR) is 89.1 cm³/mol. The Kier molecular flexibility index (Phi) is 4.75. The minimum Gasteiger partial charge on any atom is -0.396 e. The van der Waals surface area contributed by atoms with Gasteiger partial charge in [0, 0.05) is 56.8 Å². The summed E-state index contributed by atoms with van der Waals surface area (Å²) in [4.78, 5) is 4.81. The molecule has 0 amide bonds. The molecular weight excluding hydrogens is 276 g/mol. The van der Waals surface area contributed by atoms with Crippen molar-refractivity contribution < 1.29 is 5.11 Å². The maximum atomic E-state index is 8.87. The molecule has 1 aromatic heterocycles. The van der Waals surface area contributed by atoms with Gasteiger partial charge in [0.1, 0.15) is 0 Å². The summed E-state index contributed by atoms with van der Waals surface area (Å²) in [7, 11) is 2.18. The van der Waals surface area contributed by atoms with Gasteiger partial charge in [-0.2, -0.15) is 5.10 Å². The van der Waals surface area contributed by atoms with Crippen molar-refractivity contribution in [3.63, 3.8) is 0 Å². The average molecular weight is 300 g/mol. The van der Waals surface area contributed by atoms with Crippen LogP contribution in [0.5, 0.6) is 0 Å². The molecule has 0 atom stereocenters. The molecule has 1 aliphatic heterocycles. The molecule has 0 unspecified atom stereocenters. The van der Waals surface area contributed by atoms with Gasteiger partial charge in [0.05, 0.1) is 6.20 Å². The first kappa shape index (κ1) is 15.1. The largest absolute Gasteiger partial charge is 0.396 e. The van der Waals surface area contributed by atoms with E-state index in [9.17, 15) is 0 Å². The summed E-state index contributed by atoms with van der Waals surface area (Å²) in [5.41, 5.74) is 3.61. The second kappa shape index (κ2) is 6.94. The fourth-order valence-corrected chi connectivity index (χ4v) is 2.80. The summed E-state index contributed by atoms with van der Waals surface area (Å²) in [5.74, 6) is 0. The van der Waals surface area contributed by atoms with E-state index in [-0.39, 0.29) is 6.61 Å². The molecule has 5 nitrogen and oxygen atoms in total. The van der Waals surface area contributed by atoms with Crippen molar-refractivity contribution in [3.05, 3.63) is 36.7 Å². The van der Waals surface area contributed by atoms with Gasteiger partial charge in [0.2, 0.25) is 0 Å². The van der Waals surface area contributed by atoms with Crippen LogP contribution >= 0.6 is 0 Å². The molecule has 0 bridgehead atoms. The number of aryl methyl sites for hydroxylation is 1. The second-order valence-corrected chi connectivity index (χ2v) is 5.91. The van der Waals surface area contributed by atoms with E-state index < -0.39 is 0 Å². The van der Waals surface area contributed by atoms with Crippen LogP contribution in [0.2, 0.25) is 0 Å². The molecule has 1 aromatic carbocycles. The van der Waals surface area contributed by atoms with E-state index in [0.717, 1.165) is 44.7 Å². The van der Waals surface area contributed by atoms with E-state index in [1.807, 2.05) is 17.1 Å². The van der Waals surface area contributed by atoms with Crippen LogP contribution in [0.4, 0.5) is 5.69 Å². The number of hydrogen-bond donors (Lipinski definition) is 1. The Morgan fingerprint density at radius 1 is 1.05 bits per heavy atom. The summed E-state index contributed by atoms with van der Waals surface area (Å²) in [6.45, 7) is 5.40. The SMILES string of the molecule is CN1CCN(c2ccc(-c3cnn(CCCO)c3)cc2)CC1. The molecule has 3 rings (SSSR count). The number of aromatic nitrogens is 2. The molecule has 5 heteroatoms. The minimum absolute atomic E-state index is 0.203. The lowest BCUT2D eigenvalue weighted by atomic mass is 10.1. The summed E-state index contributed by atoms with van der Waals surface area (Å²) in [6.07, 6.45) is 4.67. The van der Waals surface area contributed by atoms with Gasteiger partial charge < -0.3 is 14.9 Å². The van der Waals surface area contributed by atoms with Crippen molar-refractivity contribution in [2.75, 3.05) is 44.7 Å². The highest BCUT2D eigenvalue weighted by Crippen LogP contribution is 2.23. The molecule has 0 saturated carbocycles. The van der Waals surface area contributed by atoms with E-state index in [1.54, 1.807) is 0 Å². The van der Waals surface area contributed by atoms with Gasteiger partial charge in [0.25, 0.3) is 0 Å². The molecule has 0 aliphatic carbocycles. The third kappa shape index (κ3) is 3.48. The average Bonchev–Trinajstić information content (AvgIpc) is 3.03. The van der Waals surface area contributed by atoms with Crippen molar-refractivity contribution in [3.8, 4) is 11.1 Å². The number of nitrogens with zero attached hydrogens (tertiary/aromatic N) is 4. The number of hydrogen-bond acceptors (Lipinski definition) is 4. The van der Waals surface area contributed by atoms with E-state index in [0.29, 0.717) is 0 Å². The zero-order valence-electron chi connectivity index (χ0n) is 13.1. The Labute approximate surface area is 131 Å². The quantitative estimate of drug-likeness (QED) is 0.912. The molecule has 0 spiro atoms. The number of benzene rings is 1. The topological polar surface area (TPSA) is 44.5 Å². The summed E-state index contributed by atoms with van der Waals surface area (Å²) in [6, 6.07) is 8.74. The van der Waals surface area contributed by atoms with Gasteiger partial charge in [-0.3, -0.25) is 4.68 Å². The highest BCUT2D eigenvalue weighted by atomic mass is 16.3. The lowest BCUT2D eigenvalue weighted by Crippen LogP contribution is -2.44. The maximum absolute atomic E-state index is 8.87. The fourth-order valence-electron chi connectivity index (χ4n) is 2.80. The van der Waals surface area contributed by atoms with Crippen molar-refractivity contribution in [1.29, 1.82) is 0 Å². The first-order valence-electron chi connectivity index (χ1n) is 7.93. The van der Waals surface area contributed by atoms with Crippen LogP contribution < -0.4 is 4.90 Å². The first-order chi connectivity index (χ1) is 10.8. The standard InChI is InChI=1S/C17H24N4O/c1-19-8-10-20(11-9-19)17-5-3-15(4-6-17)16-13-18-21(14-16)7-2-12-22/h3-6,13-14,22H,2,7-12H2,1H3. The monoisotopic (exact) mass is 300 g/mol. The number of piperazine rings is 1. The molecule has 1 fully saturated rings. The van der Waals surface area contributed by atoms with Gasteiger partial charge in [-0.15, -0.1) is 0 Å². The smallest absolute Gasteiger partial charge is 0.0568 e. The van der Waals surface area contributed by atoms with Gasteiger partial charge >= 0.3 is 0 Å². The van der Waals surface area contributed by atoms with Crippen LogP contribution in [0, 0.1) is 0 Å². The van der Waals surface area contributed by atoms with Gasteiger partial charge in [0.15, 0.2) is 0 Å². The molecule has 22 heavy (non-hydrogen) atoms. The van der Waals surface area contributed by atoms with Crippen LogP contribution in [0.1, 0.15) is 6.42 Å². The third-order valence-electron chi connectivity index (χ3n) is 4.25. The van der Waals surface area contributed by atoms with Crippen LogP contribution in [0.3, 0.4) is 0 Å². The van der Waals surface area contributed by atoms with E-state index in [4.69, 9.17) is 5.11 Å². The molecule has 0 radical (unpaired) electrons. The molecular formula is C17H24N4O. The van der Waals surface area contributed by atoms with E-state index in [1.165, 1.54) is 11.3 Å². The van der Waals surface area contributed by atoms with Crippen LogP contribution in [-0.4, -0.2) is 59.6 Å². The Bertz CT molecular complexity index is 585. The van der Waals surface area contributed by atoms with Crippen molar-refractivity contribution in [2.45, 2.75) is 13.0 Å². The summed E-state index contributed by atoms with van der Waals surface area (Å²) >= 11 is 0. The summed E-state index contributed by atoms with van der Waals surface area (Å²) < 4.78 is 1.89. The summed E-state index contributed by atoms with van der Waals surface area (Å²) in [5, 5.41) is 13.2. The van der Waals surface area contributed by atoms with Crippen molar-refractivity contribution in [1.82, 2.24) is 14.7 Å². The number of rotatable bonds is 5. The Hall–Kier alpha value is -1.85. The normalized spacial score (nSPS) is 16.2. The number of anilines is 1. The van der Waals surface area contributed by atoms with Crippen LogP contribution in [0.25, 0.3) is 11.1 Å². The molecule has 1 N–H and O–H groups in total. The Morgan fingerprint density at radius 3 is 2.45 bits per heavy atom. The number of likely N-dealkylation sites (N-methyl/N-ethyl adjacent to an activating group) is 1. The zero-order chi connectivity index (χ0) is 15.4. The molecule has 2 heterocycles. The highest BCUT2D eigenvalue weighted by molar-refractivity contribution is 5.65. The third-order valence-corrected chi connectivity index (χ3v) is 4.25. The minimum atomic E-state index is 0.203. The fraction of sp³-hybridized carbons (Fsp3) is 0.471. The maximum Gasteiger partial charge on any atom is 0.0568 e. The molecule has 1 saturated heterocycles. The highest BCUT2D eigenvalue weighted by Gasteiger charge is 2.14. The van der Waals surface area contributed by atoms with E-state index in [2.05, 4.69) is 46.2 Å². The second-order valence-electron chi connectivity index (χ2n) is 5.91. The van der Waals surface area contributed by atoms with Gasteiger partial charge in [-0.25, -0.2) is 0 Å². The number of aliphatic hydroxyl groups excluding tert-OH is 1. The van der Waals surface area contributed by atoms with Gasteiger partial charge in [-0.1, -0.05) is 12.1 Å². The Morgan fingerprint density at radius 2 is 1.77 bits per heavy atom. The lowest BCUT2D eigenvalue weighted by molar-refractivity contribution is 0.277. The predicted octanol–water partition coefficient (Wildman–Crippen LogP) is 1.68.